The van der Waals surface area contributed by atoms with Crippen molar-refractivity contribution >= 4 is 40.0 Å². The van der Waals surface area contributed by atoms with E-state index in [4.69, 9.17) is 11.6 Å². The molecule has 5 rings (SSSR count). The Kier molecular flexibility index (Phi) is 4.89. The number of hydrogen-bond acceptors (Lipinski definition) is 3. The monoisotopic (exact) mass is 438 g/mol. The van der Waals surface area contributed by atoms with Gasteiger partial charge in [-0.1, -0.05) is 35.9 Å². The molecule has 1 aromatic heterocycles. The summed E-state index contributed by atoms with van der Waals surface area (Å²) in [5.41, 5.74) is 2.85. The van der Waals surface area contributed by atoms with Crippen LogP contribution >= 0.6 is 11.6 Å². The molecule has 3 aromatic rings. The van der Waals surface area contributed by atoms with Crippen molar-refractivity contribution in [2.45, 2.75) is 38.0 Å². The third-order valence-corrected chi connectivity index (χ3v) is 6.51. The third kappa shape index (κ3) is 3.45. The van der Waals surface area contributed by atoms with E-state index in [1.54, 1.807) is 24.3 Å². The molecular formula is C24H20ClFN2O3. The zero-order chi connectivity index (χ0) is 21.7. The number of halogens is 2. The number of rotatable bonds is 4. The summed E-state index contributed by atoms with van der Waals surface area (Å²) in [7, 11) is 0. The highest BCUT2D eigenvalue weighted by atomic mass is 35.5. The number of nitrogens with zero attached hydrogens (tertiary/aromatic N) is 2. The molecular weight excluding hydrogens is 419 g/mol. The van der Waals surface area contributed by atoms with Crippen molar-refractivity contribution in [1.82, 2.24) is 9.78 Å². The number of hydrogen-bond donors (Lipinski definition) is 1. The number of carboxylic acids is 1. The Bertz CT molecular complexity index is 1260. The molecule has 0 radical (unpaired) electrons. The first-order valence-corrected chi connectivity index (χ1v) is 10.8. The summed E-state index contributed by atoms with van der Waals surface area (Å²) in [6, 6.07) is 10.0. The zero-order valence-electron chi connectivity index (χ0n) is 16.6. The molecule has 31 heavy (non-hydrogen) atoms. The predicted octanol–water partition coefficient (Wildman–Crippen LogP) is 5.66. The molecule has 0 bridgehead atoms. The fourth-order valence-corrected chi connectivity index (χ4v) is 4.65. The Hall–Kier alpha value is -2.99. The highest BCUT2D eigenvalue weighted by molar-refractivity contribution is 6.34. The van der Waals surface area contributed by atoms with E-state index in [1.165, 1.54) is 10.7 Å². The van der Waals surface area contributed by atoms with Crippen LogP contribution in [0.4, 0.5) is 4.39 Å². The lowest BCUT2D eigenvalue weighted by Gasteiger charge is -2.17. The third-order valence-electron chi connectivity index (χ3n) is 6.19. The summed E-state index contributed by atoms with van der Waals surface area (Å²) < 4.78 is 16.1. The van der Waals surface area contributed by atoms with Gasteiger partial charge in [-0.2, -0.15) is 9.78 Å². The lowest BCUT2D eigenvalue weighted by Crippen LogP contribution is -2.17. The minimum absolute atomic E-state index is 0.274. The molecule has 2 aliphatic rings. The Morgan fingerprint density at radius 3 is 2.58 bits per heavy atom. The molecule has 0 saturated heterocycles. The first-order chi connectivity index (χ1) is 15.0. The van der Waals surface area contributed by atoms with Gasteiger partial charge in [-0.15, -0.1) is 0 Å². The minimum atomic E-state index is -0.835. The number of aromatic nitrogens is 2. The van der Waals surface area contributed by atoms with Crippen LogP contribution in [0.1, 0.15) is 59.6 Å². The highest BCUT2D eigenvalue weighted by Gasteiger charge is 2.32. The summed E-state index contributed by atoms with van der Waals surface area (Å²) in [5.74, 6) is -1.82. The van der Waals surface area contributed by atoms with Gasteiger partial charge in [0.1, 0.15) is 5.82 Å². The Balaban J connectivity index is 1.64. The maximum absolute atomic E-state index is 14.9. The predicted molar refractivity (Wildman–Crippen MR) is 116 cm³/mol. The number of benzene rings is 2. The van der Waals surface area contributed by atoms with E-state index in [1.807, 2.05) is 12.1 Å². The van der Waals surface area contributed by atoms with Crippen molar-refractivity contribution in [2.24, 2.45) is 5.92 Å². The average Bonchev–Trinajstić information content (AvgIpc) is 3.53. The summed E-state index contributed by atoms with van der Waals surface area (Å²) >= 11 is 6.43. The Labute approximate surface area is 183 Å². The van der Waals surface area contributed by atoms with Gasteiger partial charge >= 0.3 is 5.97 Å². The molecule has 0 aliphatic heterocycles. The zero-order valence-corrected chi connectivity index (χ0v) is 17.4. The van der Waals surface area contributed by atoms with Crippen LogP contribution in [-0.2, 0) is 4.79 Å². The first-order valence-electron chi connectivity index (χ1n) is 10.4. The van der Waals surface area contributed by atoms with E-state index >= 15 is 0 Å². The van der Waals surface area contributed by atoms with Crippen LogP contribution in [0, 0.1) is 11.7 Å². The van der Waals surface area contributed by atoms with Crippen LogP contribution in [0.5, 0.6) is 0 Å². The fourth-order valence-electron chi connectivity index (χ4n) is 4.39. The van der Waals surface area contributed by atoms with Gasteiger partial charge in [-0.05, 0) is 67.4 Å². The fraction of sp³-hybridized carbons (Fsp3) is 0.292. The van der Waals surface area contributed by atoms with Gasteiger partial charge in [0.15, 0.2) is 0 Å². The second-order valence-corrected chi connectivity index (χ2v) is 8.62. The Morgan fingerprint density at radius 1 is 1.13 bits per heavy atom. The van der Waals surface area contributed by atoms with Crippen molar-refractivity contribution in [3.8, 4) is 0 Å². The van der Waals surface area contributed by atoms with Crippen molar-refractivity contribution in [3.05, 3.63) is 70.1 Å². The normalized spacial score (nSPS) is 18.8. The molecule has 5 nitrogen and oxygen atoms in total. The second kappa shape index (κ2) is 7.61. The van der Waals surface area contributed by atoms with E-state index < -0.39 is 17.7 Å². The first kappa shape index (κ1) is 19.9. The quantitative estimate of drug-likeness (QED) is 0.570. The van der Waals surface area contributed by atoms with Crippen molar-refractivity contribution < 1.29 is 19.1 Å². The molecule has 1 heterocycles. The van der Waals surface area contributed by atoms with Gasteiger partial charge in [0.25, 0.3) is 5.91 Å². The van der Waals surface area contributed by atoms with E-state index in [9.17, 15) is 19.1 Å². The average molecular weight is 439 g/mol. The molecule has 2 aliphatic carbocycles. The lowest BCUT2D eigenvalue weighted by molar-refractivity contribution is -0.141. The van der Waals surface area contributed by atoms with Gasteiger partial charge in [0.2, 0.25) is 0 Å². The summed E-state index contributed by atoms with van der Waals surface area (Å²) in [4.78, 5) is 24.9. The molecule has 0 unspecified atom stereocenters. The largest absolute Gasteiger partial charge is 0.481 e. The van der Waals surface area contributed by atoms with E-state index in [2.05, 4.69) is 5.10 Å². The van der Waals surface area contributed by atoms with Crippen LogP contribution in [0.15, 0.2) is 42.5 Å². The highest BCUT2D eigenvalue weighted by Crippen LogP contribution is 2.43. The standard InChI is InChI=1S/C24H20ClFN2O3/c25-17-4-1-3-16(13-7-8-13)20(17)23(29)28-19-6-2-5-18(26)21(19)22(27-28)14-9-11-15(12-10-14)24(30)31/h1-6,9,13,15H,7-8,10-12H2,(H,30,31)/t15-/m0/s1. The van der Waals surface area contributed by atoms with Crippen molar-refractivity contribution in [2.75, 3.05) is 0 Å². The SMILES string of the molecule is O=C(O)[C@H]1CC=C(c2nn(C(=O)c3c(Cl)cccc3C3CC3)c3cccc(F)c23)CC1. The number of allylic oxidation sites excluding steroid dienone is 2. The van der Waals surface area contributed by atoms with Gasteiger partial charge in [-0.3, -0.25) is 9.59 Å². The number of carbonyl (C=O) groups excluding carboxylic acids is 1. The van der Waals surface area contributed by atoms with Gasteiger partial charge in [-0.25, -0.2) is 4.39 Å². The minimum Gasteiger partial charge on any atom is -0.481 e. The molecule has 2 aromatic carbocycles. The van der Waals surface area contributed by atoms with Crippen molar-refractivity contribution in [3.63, 3.8) is 0 Å². The second-order valence-electron chi connectivity index (χ2n) is 8.22. The molecule has 0 amide bonds. The van der Waals surface area contributed by atoms with E-state index in [0.29, 0.717) is 47.0 Å². The van der Waals surface area contributed by atoms with E-state index in [-0.39, 0.29) is 11.3 Å². The summed E-state index contributed by atoms with van der Waals surface area (Å²) in [6.07, 6.45) is 5.10. The molecule has 1 saturated carbocycles. The maximum Gasteiger partial charge on any atom is 0.306 e. The van der Waals surface area contributed by atoms with Crippen LogP contribution in [0.2, 0.25) is 5.02 Å². The Morgan fingerprint density at radius 2 is 1.90 bits per heavy atom. The van der Waals surface area contributed by atoms with E-state index in [0.717, 1.165) is 24.0 Å². The lowest BCUT2D eigenvalue weighted by atomic mass is 9.88. The van der Waals surface area contributed by atoms with Crippen molar-refractivity contribution in [1.29, 1.82) is 0 Å². The number of aliphatic carboxylic acids is 1. The van der Waals surface area contributed by atoms with Crippen LogP contribution in [0.3, 0.4) is 0 Å². The van der Waals surface area contributed by atoms with Gasteiger partial charge in [0, 0.05) is 0 Å². The van der Waals surface area contributed by atoms with Gasteiger partial charge < -0.3 is 5.11 Å². The number of carbonyl (C=O) groups is 2. The number of carboxylic acid groups (broad SMARTS) is 1. The summed E-state index contributed by atoms with van der Waals surface area (Å²) in [6.45, 7) is 0. The van der Waals surface area contributed by atoms with Crippen LogP contribution in [-0.4, -0.2) is 26.8 Å². The smallest absolute Gasteiger partial charge is 0.306 e. The molecule has 1 fully saturated rings. The topological polar surface area (TPSA) is 72.2 Å². The molecule has 158 valence electrons. The molecule has 1 N–H and O–H groups in total. The molecule has 0 spiro atoms. The molecule has 1 atom stereocenters. The van der Waals surface area contributed by atoms with Crippen LogP contribution in [0.25, 0.3) is 16.5 Å². The summed E-state index contributed by atoms with van der Waals surface area (Å²) in [5, 5.41) is 14.4. The van der Waals surface area contributed by atoms with Crippen LogP contribution < -0.4 is 0 Å². The maximum atomic E-state index is 14.9. The number of fused-ring (bicyclic) bond motifs is 1. The van der Waals surface area contributed by atoms with Gasteiger partial charge in [0.05, 0.1) is 33.1 Å². The molecule has 7 heteroatoms.